The van der Waals surface area contributed by atoms with Crippen molar-refractivity contribution in [1.29, 1.82) is 0 Å². The second-order valence-electron chi connectivity index (χ2n) is 6.15. The van der Waals surface area contributed by atoms with Gasteiger partial charge in [0.25, 0.3) is 10.1 Å². The van der Waals surface area contributed by atoms with E-state index in [-0.39, 0.29) is 6.29 Å². The first kappa shape index (κ1) is 23.5. The Kier molecular flexibility index (Phi) is 8.81. The fourth-order valence-corrected chi connectivity index (χ4v) is 3.70. The largest absolute Gasteiger partial charge is 0.465 e. The highest BCUT2D eigenvalue weighted by Crippen LogP contribution is 2.30. The van der Waals surface area contributed by atoms with Crippen LogP contribution in [0.5, 0.6) is 5.75 Å². The molecule has 0 aromatic heterocycles. The van der Waals surface area contributed by atoms with Gasteiger partial charge in [0, 0.05) is 16.2 Å². The summed E-state index contributed by atoms with van der Waals surface area (Å²) in [7, 11) is -4.91. The minimum Gasteiger partial charge on any atom is -0.465 e. The molecule has 0 saturated carbocycles. The Bertz CT molecular complexity index is 852. The zero-order chi connectivity index (χ0) is 21.3. The van der Waals surface area contributed by atoms with Crippen LogP contribution in [0.4, 0.5) is 13.2 Å². The summed E-state index contributed by atoms with van der Waals surface area (Å²) in [4.78, 5) is 2.42. The summed E-state index contributed by atoms with van der Waals surface area (Å²) in [6.45, 7) is 0.809. The third-order valence-corrected chi connectivity index (χ3v) is 5.23. The second-order valence-corrected chi connectivity index (χ2v) is 8.74. The van der Waals surface area contributed by atoms with E-state index < -0.39 is 22.0 Å². The molecular formula is C19H21F3O5S2. The number of hydrogen-bond acceptors (Lipinski definition) is 5. The van der Waals surface area contributed by atoms with Gasteiger partial charge in [0.15, 0.2) is 12.0 Å². The van der Waals surface area contributed by atoms with Crippen LogP contribution < -0.4 is 4.74 Å². The molecule has 1 aliphatic heterocycles. The van der Waals surface area contributed by atoms with E-state index in [1.807, 2.05) is 18.2 Å². The van der Waals surface area contributed by atoms with Gasteiger partial charge < -0.3 is 9.47 Å². The number of ether oxygens (including phenoxy) is 2. The lowest BCUT2D eigenvalue weighted by Gasteiger charge is -2.23. The molecule has 0 bridgehead atoms. The van der Waals surface area contributed by atoms with Crippen LogP contribution in [-0.2, 0) is 14.9 Å². The molecular weight excluding hydrogens is 429 g/mol. The predicted octanol–water partition coefficient (Wildman–Crippen LogP) is 5.18. The molecule has 1 saturated heterocycles. The molecule has 1 heterocycles. The maximum Gasteiger partial charge on any atom is 0.405 e. The van der Waals surface area contributed by atoms with E-state index in [0.29, 0.717) is 0 Å². The summed E-state index contributed by atoms with van der Waals surface area (Å²) in [5.74, 6) is -1.29. The van der Waals surface area contributed by atoms with Crippen LogP contribution in [0, 0.1) is 0 Å². The Morgan fingerprint density at radius 2 is 1.76 bits per heavy atom. The number of alkyl halides is 3. The van der Waals surface area contributed by atoms with Gasteiger partial charge in [-0.3, -0.25) is 4.55 Å². The van der Waals surface area contributed by atoms with Gasteiger partial charge in [0.1, 0.15) is 5.75 Å². The van der Waals surface area contributed by atoms with Crippen LogP contribution in [-0.4, -0.2) is 37.8 Å². The summed E-state index contributed by atoms with van der Waals surface area (Å²) in [6, 6.07) is 18.6. The van der Waals surface area contributed by atoms with Crippen molar-refractivity contribution in [2.75, 3.05) is 12.4 Å². The summed E-state index contributed by atoms with van der Waals surface area (Å²) < 4.78 is 71.1. The molecule has 1 aliphatic rings. The first-order valence-electron chi connectivity index (χ1n) is 8.74. The first-order valence-corrected chi connectivity index (χ1v) is 11.2. The number of hydrogen-bond donors (Lipinski definition) is 1. The lowest BCUT2D eigenvalue weighted by molar-refractivity contribution is -0.107. The van der Waals surface area contributed by atoms with Gasteiger partial charge in [0.05, 0.1) is 6.61 Å². The Hall–Kier alpha value is -1.75. The van der Waals surface area contributed by atoms with Crippen molar-refractivity contribution in [3.63, 3.8) is 0 Å². The summed E-state index contributed by atoms with van der Waals surface area (Å²) in [6.07, 6.45) is -1.63. The fraction of sp³-hybridized carbons (Fsp3) is 0.368. The standard InChI is InChI=1S/C17H18O2S.C2H3F3O3S/c1-2-8-15(9-3-1)20-16-10-6-7-14(13-16)19-17-11-4-5-12-18-17;3-2(4,5)1-9(6,7)8/h1-3,6-10,13,17H,4-5,11-12H2;1H2,(H,6,7,8). The van der Waals surface area contributed by atoms with Crippen molar-refractivity contribution in [1.82, 2.24) is 0 Å². The molecule has 2 aromatic rings. The van der Waals surface area contributed by atoms with Gasteiger partial charge in [-0.25, -0.2) is 0 Å². The SMILES string of the molecule is O=S(=O)(O)CC(F)(F)F.c1ccc(Sc2cccc(OC3CCCCO3)c2)cc1. The summed E-state index contributed by atoms with van der Waals surface area (Å²) in [5, 5.41) is 0. The van der Waals surface area contributed by atoms with Gasteiger partial charge in [-0.05, 0) is 43.2 Å². The van der Waals surface area contributed by atoms with E-state index in [4.69, 9.17) is 14.0 Å². The summed E-state index contributed by atoms with van der Waals surface area (Å²) >= 11 is 1.74. The molecule has 0 spiro atoms. The van der Waals surface area contributed by atoms with Crippen LogP contribution in [0.1, 0.15) is 19.3 Å². The number of halogens is 3. The second kappa shape index (κ2) is 10.9. The molecule has 3 rings (SSSR count). The Morgan fingerprint density at radius 3 is 2.31 bits per heavy atom. The first-order chi connectivity index (χ1) is 13.6. The molecule has 160 valence electrons. The van der Waals surface area contributed by atoms with Crippen molar-refractivity contribution >= 4 is 21.9 Å². The predicted molar refractivity (Wildman–Crippen MR) is 104 cm³/mol. The molecule has 0 amide bonds. The van der Waals surface area contributed by atoms with Crippen LogP contribution >= 0.6 is 11.8 Å². The van der Waals surface area contributed by atoms with Crippen LogP contribution in [0.15, 0.2) is 64.4 Å². The van der Waals surface area contributed by atoms with Gasteiger partial charge in [-0.15, -0.1) is 0 Å². The average molecular weight is 451 g/mol. The molecule has 0 aliphatic carbocycles. The maximum absolute atomic E-state index is 11.0. The minimum absolute atomic E-state index is 0.0827. The zero-order valence-corrected chi connectivity index (χ0v) is 17.0. The Balaban J connectivity index is 0.000000284. The van der Waals surface area contributed by atoms with Gasteiger partial charge in [-0.1, -0.05) is 36.0 Å². The highest BCUT2D eigenvalue weighted by atomic mass is 32.2. The third kappa shape index (κ3) is 10.6. The van der Waals surface area contributed by atoms with E-state index in [1.165, 1.54) is 16.2 Å². The van der Waals surface area contributed by atoms with Crippen molar-refractivity contribution < 1.29 is 35.6 Å². The average Bonchev–Trinajstić information content (AvgIpc) is 2.61. The van der Waals surface area contributed by atoms with Crippen LogP contribution in [0.25, 0.3) is 0 Å². The topological polar surface area (TPSA) is 72.8 Å². The van der Waals surface area contributed by atoms with Crippen molar-refractivity contribution in [3.8, 4) is 5.75 Å². The smallest absolute Gasteiger partial charge is 0.405 e. The molecule has 0 radical (unpaired) electrons. The van der Waals surface area contributed by atoms with Gasteiger partial charge in [-0.2, -0.15) is 21.6 Å². The molecule has 10 heteroatoms. The van der Waals surface area contributed by atoms with Gasteiger partial charge in [0.2, 0.25) is 0 Å². The number of benzene rings is 2. The molecule has 1 N–H and O–H groups in total. The lowest BCUT2D eigenvalue weighted by atomic mass is 10.2. The molecule has 1 fully saturated rings. The molecule has 5 nitrogen and oxygen atoms in total. The van der Waals surface area contributed by atoms with Crippen molar-refractivity contribution in [2.45, 2.75) is 41.5 Å². The van der Waals surface area contributed by atoms with E-state index in [2.05, 4.69) is 36.4 Å². The van der Waals surface area contributed by atoms with E-state index >= 15 is 0 Å². The monoisotopic (exact) mass is 450 g/mol. The quantitative estimate of drug-likeness (QED) is 0.633. The Morgan fingerprint density at radius 1 is 1.07 bits per heavy atom. The van der Waals surface area contributed by atoms with Crippen LogP contribution in [0.3, 0.4) is 0 Å². The molecule has 29 heavy (non-hydrogen) atoms. The summed E-state index contributed by atoms with van der Waals surface area (Å²) in [5.41, 5.74) is 0. The highest BCUT2D eigenvalue weighted by Gasteiger charge is 2.33. The normalized spacial score (nSPS) is 17.2. The lowest BCUT2D eigenvalue weighted by Crippen LogP contribution is -2.24. The third-order valence-electron chi connectivity index (χ3n) is 3.54. The minimum atomic E-state index is -4.91. The van der Waals surface area contributed by atoms with E-state index in [9.17, 15) is 21.6 Å². The zero-order valence-electron chi connectivity index (χ0n) is 15.3. The van der Waals surface area contributed by atoms with Gasteiger partial charge >= 0.3 is 6.18 Å². The van der Waals surface area contributed by atoms with Crippen molar-refractivity contribution in [3.05, 3.63) is 54.6 Å². The maximum atomic E-state index is 11.0. The molecule has 1 unspecified atom stereocenters. The molecule has 2 aromatic carbocycles. The molecule has 1 atom stereocenters. The Labute approximate surface area is 172 Å². The fourth-order valence-electron chi connectivity index (χ4n) is 2.40. The van der Waals surface area contributed by atoms with Crippen molar-refractivity contribution in [2.24, 2.45) is 0 Å². The van der Waals surface area contributed by atoms with E-state index in [1.54, 1.807) is 11.8 Å². The highest BCUT2D eigenvalue weighted by molar-refractivity contribution is 7.99. The number of rotatable bonds is 5. The van der Waals surface area contributed by atoms with Crippen LogP contribution in [0.2, 0.25) is 0 Å². The van der Waals surface area contributed by atoms with E-state index in [0.717, 1.165) is 25.2 Å².